The number of rotatable bonds is 1. The maximum absolute atomic E-state index is 6.53. The summed E-state index contributed by atoms with van der Waals surface area (Å²) < 4.78 is 6.53. The second kappa shape index (κ2) is 6.03. The zero-order chi connectivity index (χ0) is 18.6. The predicted octanol–water partition coefficient (Wildman–Crippen LogP) is 1.56. The standard InChI is InChI=1S/C21H24BN3O2/c1-25-20(23)24-21(27-25)12-19(26-18-10-9-14(22)11-17(18)21)16-8-4-6-13-5-2-3-7-15(13)16/h2-3,5,7,9-11,16,19H,4,6,8,12,22H2,1H3,(H2,23,24). The molecule has 3 atom stereocenters. The van der Waals surface area contributed by atoms with E-state index in [1.807, 2.05) is 13.1 Å². The molecule has 2 aromatic rings. The van der Waals surface area contributed by atoms with Gasteiger partial charge in [0.15, 0.2) is 0 Å². The Morgan fingerprint density at radius 3 is 2.93 bits per heavy atom. The van der Waals surface area contributed by atoms with E-state index in [-0.39, 0.29) is 6.10 Å². The van der Waals surface area contributed by atoms with Crippen LogP contribution in [0.5, 0.6) is 5.75 Å². The number of nitrogens with two attached hydrogens (primary N) is 1. The fraction of sp³-hybridized carbons (Fsp3) is 0.381. The van der Waals surface area contributed by atoms with Crippen molar-refractivity contribution in [1.82, 2.24) is 5.06 Å². The first-order chi connectivity index (χ1) is 13.1. The van der Waals surface area contributed by atoms with Crippen LogP contribution < -0.4 is 15.9 Å². The van der Waals surface area contributed by atoms with E-state index in [0.717, 1.165) is 29.6 Å². The van der Waals surface area contributed by atoms with Gasteiger partial charge < -0.3 is 10.5 Å². The Kier molecular flexibility index (Phi) is 3.72. The van der Waals surface area contributed by atoms with Gasteiger partial charge in [-0.3, -0.25) is 0 Å². The van der Waals surface area contributed by atoms with Gasteiger partial charge in [0.1, 0.15) is 19.7 Å². The molecular formula is C21H24BN3O2. The minimum atomic E-state index is -0.796. The maximum Gasteiger partial charge on any atom is 0.221 e. The molecule has 2 heterocycles. The first kappa shape index (κ1) is 16.7. The van der Waals surface area contributed by atoms with E-state index in [9.17, 15) is 0 Å². The Morgan fingerprint density at radius 2 is 2.11 bits per heavy atom. The molecular weight excluding hydrogens is 337 g/mol. The number of hydroxylamine groups is 2. The average molecular weight is 361 g/mol. The van der Waals surface area contributed by atoms with Gasteiger partial charge in [-0.05, 0) is 36.5 Å². The lowest BCUT2D eigenvalue weighted by molar-refractivity contribution is -0.192. The first-order valence-corrected chi connectivity index (χ1v) is 9.69. The fourth-order valence-corrected chi connectivity index (χ4v) is 4.78. The predicted molar refractivity (Wildman–Crippen MR) is 108 cm³/mol. The zero-order valence-corrected chi connectivity index (χ0v) is 15.8. The summed E-state index contributed by atoms with van der Waals surface area (Å²) in [5, 5.41) is 1.57. The molecule has 6 heteroatoms. The van der Waals surface area contributed by atoms with E-state index in [2.05, 4.69) is 44.2 Å². The number of aryl methyl sites for hydroxylation is 1. The molecule has 0 amide bonds. The van der Waals surface area contributed by atoms with Gasteiger partial charge in [0, 0.05) is 19.4 Å². The maximum atomic E-state index is 6.53. The molecule has 2 aromatic carbocycles. The Morgan fingerprint density at radius 1 is 1.26 bits per heavy atom. The minimum absolute atomic E-state index is 0.00436. The summed E-state index contributed by atoms with van der Waals surface area (Å²) >= 11 is 0. The summed E-state index contributed by atoms with van der Waals surface area (Å²) in [6.45, 7) is 0. The average Bonchev–Trinajstić information content (AvgIpc) is 2.95. The van der Waals surface area contributed by atoms with E-state index in [4.69, 9.17) is 20.3 Å². The molecule has 1 aliphatic carbocycles. The van der Waals surface area contributed by atoms with Crippen LogP contribution in [0.4, 0.5) is 0 Å². The molecule has 0 saturated heterocycles. The van der Waals surface area contributed by atoms with Crippen LogP contribution in [0.1, 0.15) is 41.9 Å². The third-order valence-corrected chi connectivity index (χ3v) is 6.08. The molecule has 1 spiro atoms. The highest BCUT2D eigenvalue weighted by Gasteiger charge is 2.50. The fourth-order valence-electron chi connectivity index (χ4n) is 4.78. The summed E-state index contributed by atoms with van der Waals surface area (Å²) in [7, 11) is 3.88. The third kappa shape index (κ3) is 2.62. The highest BCUT2D eigenvalue weighted by Crippen LogP contribution is 2.49. The van der Waals surface area contributed by atoms with Crippen molar-refractivity contribution in [2.45, 2.75) is 43.4 Å². The quantitative estimate of drug-likeness (QED) is 0.784. The van der Waals surface area contributed by atoms with Crippen LogP contribution in [-0.2, 0) is 17.0 Å². The summed E-state index contributed by atoms with van der Waals surface area (Å²) in [4.78, 5) is 11.0. The van der Waals surface area contributed by atoms with Crippen molar-refractivity contribution in [2.24, 2.45) is 10.7 Å². The number of aliphatic imine (C=N–C) groups is 1. The lowest BCUT2D eigenvalue weighted by atomic mass is 9.76. The SMILES string of the molecule is Bc1ccc2c(c1)C1(CC(C3CCCc4ccccc43)O2)N=C(N)N(C)O1. The van der Waals surface area contributed by atoms with Crippen molar-refractivity contribution in [2.75, 3.05) is 7.05 Å². The molecule has 0 saturated carbocycles. The highest BCUT2D eigenvalue weighted by atomic mass is 16.7. The molecule has 27 heavy (non-hydrogen) atoms. The highest BCUT2D eigenvalue weighted by molar-refractivity contribution is 6.32. The number of fused-ring (bicyclic) bond motifs is 3. The van der Waals surface area contributed by atoms with Crippen molar-refractivity contribution >= 4 is 19.3 Å². The molecule has 0 fully saturated rings. The Balaban J connectivity index is 1.59. The van der Waals surface area contributed by atoms with E-state index < -0.39 is 5.72 Å². The zero-order valence-electron chi connectivity index (χ0n) is 15.8. The van der Waals surface area contributed by atoms with Gasteiger partial charge >= 0.3 is 0 Å². The van der Waals surface area contributed by atoms with Crippen molar-refractivity contribution in [3.8, 4) is 5.75 Å². The van der Waals surface area contributed by atoms with Gasteiger partial charge in [0.2, 0.25) is 11.7 Å². The molecule has 2 N–H and O–H groups in total. The van der Waals surface area contributed by atoms with Crippen LogP contribution in [-0.4, -0.2) is 32.0 Å². The van der Waals surface area contributed by atoms with Gasteiger partial charge in [-0.2, -0.15) is 0 Å². The normalized spacial score (nSPS) is 29.1. The van der Waals surface area contributed by atoms with E-state index in [1.165, 1.54) is 17.5 Å². The molecule has 0 bridgehead atoms. The van der Waals surface area contributed by atoms with E-state index >= 15 is 0 Å². The van der Waals surface area contributed by atoms with Gasteiger partial charge in [0.05, 0.1) is 5.56 Å². The van der Waals surface area contributed by atoms with Crippen LogP contribution in [0, 0.1) is 0 Å². The van der Waals surface area contributed by atoms with Crippen LogP contribution in [0.15, 0.2) is 47.5 Å². The third-order valence-electron chi connectivity index (χ3n) is 6.08. The van der Waals surface area contributed by atoms with Crippen LogP contribution in [0.25, 0.3) is 0 Å². The smallest absolute Gasteiger partial charge is 0.221 e. The number of hydrogen-bond donors (Lipinski definition) is 1. The lowest BCUT2D eigenvalue weighted by Crippen LogP contribution is -2.43. The molecule has 3 aliphatic rings. The first-order valence-electron chi connectivity index (χ1n) is 9.69. The molecule has 3 unspecified atom stereocenters. The summed E-state index contributed by atoms with van der Waals surface area (Å²) in [6, 6.07) is 15.0. The summed E-state index contributed by atoms with van der Waals surface area (Å²) in [5.74, 6) is 1.60. The number of nitrogens with zero attached hydrogens (tertiary/aromatic N) is 2. The summed E-state index contributed by atoms with van der Waals surface area (Å²) in [5.41, 5.74) is 10.3. The van der Waals surface area contributed by atoms with Crippen LogP contribution in [0.2, 0.25) is 0 Å². The Hall–Kier alpha value is -2.47. The second-order valence-electron chi connectivity index (χ2n) is 7.90. The van der Waals surface area contributed by atoms with E-state index in [1.54, 1.807) is 5.06 Å². The van der Waals surface area contributed by atoms with Crippen molar-refractivity contribution in [3.05, 3.63) is 59.2 Å². The van der Waals surface area contributed by atoms with Gasteiger partial charge in [-0.15, -0.1) is 0 Å². The van der Waals surface area contributed by atoms with Crippen molar-refractivity contribution < 1.29 is 9.57 Å². The molecule has 5 nitrogen and oxygen atoms in total. The van der Waals surface area contributed by atoms with Gasteiger partial charge in [-0.25, -0.2) is 14.9 Å². The number of benzene rings is 2. The molecule has 0 aromatic heterocycles. The lowest BCUT2D eigenvalue weighted by Gasteiger charge is -2.41. The number of hydrogen-bond acceptors (Lipinski definition) is 5. The summed E-state index contributed by atoms with van der Waals surface area (Å²) in [6.07, 6.45) is 4.11. The number of ether oxygens (including phenoxy) is 1. The minimum Gasteiger partial charge on any atom is -0.489 e. The van der Waals surface area contributed by atoms with E-state index in [0.29, 0.717) is 18.3 Å². The van der Waals surface area contributed by atoms with Gasteiger partial charge in [0.25, 0.3) is 0 Å². The molecule has 0 radical (unpaired) electrons. The van der Waals surface area contributed by atoms with Crippen LogP contribution >= 0.6 is 0 Å². The topological polar surface area (TPSA) is 60.1 Å². The Labute approximate surface area is 160 Å². The molecule has 138 valence electrons. The monoisotopic (exact) mass is 361 g/mol. The molecule has 2 aliphatic heterocycles. The Bertz CT molecular complexity index is 931. The van der Waals surface area contributed by atoms with Crippen LogP contribution in [0.3, 0.4) is 0 Å². The van der Waals surface area contributed by atoms with Crippen molar-refractivity contribution in [3.63, 3.8) is 0 Å². The largest absolute Gasteiger partial charge is 0.489 e. The van der Waals surface area contributed by atoms with Crippen molar-refractivity contribution in [1.29, 1.82) is 0 Å². The molecule has 5 rings (SSSR count). The van der Waals surface area contributed by atoms with Gasteiger partial charge in [-0.1, -0.05) is 41.9 Å². The second-order valence-corrected chi connectivity index (χ2v) is 7.90. The number of guanidine groups is 1.